The molecular weight excluding hydrogens is 402 g/mol. The lowest BCUT2D eigenvalue weighted by atomic mass is 9.81. The standard InChI is InChI=1S/C26H27N3O3/c1-28-23-10-9-18(17-6-5-7-19(14-17)32-2)15-21(23)25-20(24(28)16-30)11-13-29(25)26(31)22-8-3-4-12-27-22/h3-10,12,14-15,20,24-25,30H,11,13,16H2,1-2H3/t20-,24-,25-/m0/s1. The van der Waals surface area contributed by atoms with Crippen LogP contribution >= 0.6 is 0 Å². The van der Waals surface area contributed by atoms with Gasteiger partial charge in [-0.1, -0.05) is 24.3 Å². The molecule has 6 heteroatoms. The van der Waals surface area contributed by atoms with Crippen molar-refractivity contribution in [2.75, 3.05) is 32.2 Å². The molecule has 164 valence electrons. The number of carbonyl (C=O) groups excluding carboxylic acids is 1. The zero-order chi connectivity index (χ0) is 22.2. The molecule has 32 heavy (non-hydrogen) atoms. The highest BCUT2D eigenvalue weighted by Crippen LogP contribution is 2.49. The van der Waals surface area contributed by atoms with Crippen molar-refractivity contribution in [2.24, 2.45) is 5.92 Å². The summed E-state index contributed by atoms with van der Waals surface area (Å²) in [5.74, 6) is 0.909. The topological polar surface area (TPSA) is 65.9 Å². The van der Waals surface area contributed by atoms with E-state index in [-0.39, 0.29) is 30.5 Å². The number of likely N-dealkylation sites (N-methyl/N-ethyl adjacent to an activating group) is 1. The Kier molecular flexibility index (Phi) is 5.31. The van der Waals surface area contributed by atoms with E-state index in [1.807, 2.05) is 42.3 Å². The monoisotopic (exact) mass is 429 g/mol. The van der Waals surface area contributed by atoms with Gasteiger partial charge in [-0.15, -0.1) is 0 Å². The van der Waals surface area contributed by atoms with Gasteiger partial charge < -0.3 is 19.6 Å². The Balaban J connectivity index is 1.60. The van der Waals surface area contributed by atoms with Gasteiger partial charge in [-0.05, 0) is 59.5 Å². The minimum atomic E-state index is -0.0987. The molecule has 6 nitrogen and oxygen atoms in total. The van der Waals surface area contributed by atoms with Crippen molar-refractivity contribution in [3.8, 4) is 16.9 Å². The number of amides is 1. The van der Waals surface area contributed by atoms with Gasteiger partial charge in [-0.3, -0.25) is 9.78 Å². The van der Waals surface area contributed by atoms with Crippen molar-refractivity contribution < 1.29 is 14.6 Å². The zero-order valence-electron chi connectivity index (χ0n) is 18.3. The van der Waals surface area contributed by atoms with Gasteiger partial charge in [0.1, 0.15) is 11.4 Å². The van der Waals surface area contributed by atoms with Crippen LogP contribution in [0.3, 0.4) is 0 Å². The lowest BCUT2D eigenvalue weighted by Gasteiger charge is -2.44. The highest BCUT2D eigenvalue weighted by Gasteiger charge is 2.47. The Morgan fingerprint density at radius 1 is 1.12 bits per heavy atom. The molecule has 0 saturated carbocycles. The van der Waals surface area contributed by atoms with Crippen LogP contribution in [0, 0.1) is 5.92 Å². The van der Waals surface area contributed by atoms with Crippen LogP contribution in [-0.4, -0.2) is 54.2 Å². The second-order valence-corrected chi connectivity index (χ2v) is 8.48. The average molecular weight is 430 g/mol. The Hall–Kier alpha value is -3.38. The predicted octanol–water partition coefficient (Wildman–Crippen LogP) is 3.77. The largest absolute Gasteiger partial charge is 0.497 e. The van der Waals surface area contributed by atoms with Gasteiger partial charge in [0.25, 0.3) is 5.91 Å². The Morgan fingerprint density at radius 3 is 2.72 bits per heavy atom. The number of ether oxygens (including phenoxy) is 1. The molecule has 2 aliphatic heterocycles. The molecule has 1 fully saturated rings. The van der Waals surface area contributed by atoms with Gasteiger partial charge in [0.2, 0.25) is 0 Å². The van der Waals surface area contributed by atoms with Gasteiger partial charge in [0, 0.05) is 31.4 Å². The molecule has 0 aliphatic carbocycles. The quantitative estimate of drug-likeness (QED) is 0.684. The van der Waals surface area contributed by atoms with Gasteiger partial charge >= 0.3 is 0 Å². The number of carbonyl (C=O) groups is 1. The molecule has 1 amide bonds. The molecular formula is C26H27N3O3. The van der Waals surface area contributed by atoms with Crippen molar-refractivity contribution in [1.82, 2.24) is 9.88 Å². The lowest BCUT2D eigenvalue weighted by Crippen LogP contribution is -2.48. The number of pyridine rings is 1. The first kappa shape index (κ1) is 20.5. The molecule has 0 radical (unpaired) electrons. The summed E-state index contributed by atoms with van der Waals surface area (Å²) in [6.07, 6.45) is 2.50. The minimum absolute atomic E-state index is 0.0308. The minimum Gasteiger partial charge on any atom is -0.497 e. The first-order valence-corrected chi connectivity index (χ1v) is 11.0. The van der Waals surface area contributed by atoms with Gasteiger partial charge in [0.15, 0.2) is 0 Å². The number of aromatic nitrogens is 1. The first-order valence-electron chi connectivity index (χ1n) is 11.0. The maximum atomic E-state index is 13.4. The van der Waals surface area contributed by atoms with Crippen LogP contribution in [0.4, 0.5) is 5.69 Å². The van der Waals surface area contributed by atoms with E-state index in [1.54, 1.807) is 19.4 Å². The van der Waals surface area contributed by atoms with E-state index in [0.717, 1.165) is 34.5 Å². The molecule has 2 aromatic carbocycles. The molecule has 3 atom stereocenters. The number of hydrogen-bond donors (Lipinski definition) is 1. The summed E-state index contributed by atoms with van der Waals surface area (Å²) in [6.45, 7) is 0.707. The number of likely N-dealkylation sites (tertiary alicyclic amines) is 1. The van der Waals surface area contributed by atoms with Crippen molar-refractivity contribution >= 4 is 11.6 Å². The Bertz CT molecular complexity index is 1130. The average Bonchev–Trinajstić information content (AvgIpc) is 3.29. The number of anilines is 1. The maximum absolute atomic E-state index is 13.4. The number of rotatable bonds is 4. The molecule has 2 aliphatic rings. The van der Waals surface area contributed by atoms with E-state index >= 15 is 0 Å². The molecule has 0 unspecified atom stereocenters. The summed E-state index contributed by atoms with van der Waals surface area (Å²) in [5.41, 5.74) is 4.77. The zero-order valence-corrected chi connectivity index (χ0v) is 18.3. The molecule has 5 rings (SSSR count). The summed E-state index contributed by atoms with van der Waals surface area (Å²) in [5, 5.41) is 10.2. The number of methoxy groups -OCH3 is 1. The molecule has 3 heterocycles. The van der Waals surface area contributed by atoms with E-state index < -0.39 is 0 Å². The molecule has 1 N–H and O–H groups in total. The maximum Gasteiger partial charge on any atom is 0.272 e. The molecule has 1 aromatic heterocycles. The number of nitrogens with zero attached hydrogens (tertiary/aromatic N) is 3. The molecule has 0 spiro atoms. The van der Waals surface area contributed by atoms with Crippen LogP contribution in [0.2, 0.25) is 0 Å². The van der Waals surface area contributed by atoms with Gasteiger partial charge in [0.05, 0.1) is 25.8 Å². The van der Waals surface area contributed by atoms with Crippen molar-refractivity contribution in [3.63, 3.8) is 0 Å². The summed E-state index contributed by atoms with van der Waals surface area (Å²) in [4.78, 5) is 21.8. The number of fused-ring (bicyclic) bond motifs is 3. The summed E-state index contributed by atoms with van der Waals surface area (Å²) >= 11 is 0. The smallest absolute Gasteiger partial charge is 0.272 e. The van der Waals surface area contributed by atoms with Crippen LogP contribution in [0.15, 0.2) is 66.9 Å². The van der Waals surface area contributed by atoms with E-state index in [9.17, 15) is 9.90 Å². The third kappa shape index (κ3) is 3.31. The SMILES string of the molecule is COc1cccc(-c2ccc3c(c2)[C@@H]2[C@@H](CCN2C(=O)c2ccccn2)[C@H](CO)N3C)c1. The van der Waals surface area contributed by atoms with Crippen molar-refractivity contribution in [3.05, 3.63) is 78.1 Å². The van der Waals surface area contributed by atoms with E-state index in [1.165, 1.54) is 0 Å². The Labute approximate surface area is 188 Å². The summed E-state index contributed by atoms with van der Waals surface area (Å²) in [7, 11) is 3.70. The second kappa shape index (κ2) is 8.28. The molecule has 0 bridgehead atoms. The summed E-state index contributed by atoms with van der Waals surface area (Å²) < 4.78 is 5.41. The molecule has 3 aromatic rings. The normalized spacial score (nSPS) is 21.8. The fraction of sp³-hybridized carbons (Fsp3) is 0.308. The summed E-state index contributed by atoms with van der Waals surface area (Å²) in [6, 6.07) is 19.7. The van der Waals surface area contributed by atoms with Gasteiger partial charge in [-0.2, -0.15) is 0 Å². The molecule has 1 saturated heterocycles. The third-order valence-corrected chi connectivity index (χ3v) is 6.90. The highest BCUT2D eigenvalue weighted by molar-refractivity contribution is 5.93. The van der Waals surface area contributed by atoms with Crippen LogP contribution < -0.4 is 9.64 Å². The lowest BCUT2D eigenvalue weighted by molar-refractivity contribution is 0.0688. The number of aliphatic hydroxyl groups excluding tert-OH is 1. The second-order valence-electron chi connectivity index (χ2n) is 8.48. The van der Waals surface area contributed by atoms with Crippen LogP contribution in [0.5, 0.6) is 5.75 Å². The van der Waals surface area contributed by atoms with Crippen molar-refractivity contribution in [2.45, 2.75) is 18.5 Å². The number of aliphatic hydroxyl groups is 1. The van der Waals surface area contributed by atoms with Gasteiger partial charge in [-0.25, -0.2) is 0 Å². The number of hydrogen-bond acceptors (Lipinski definition) is 5. The van der Waals surface area contributed by atoms with E-state index in [4.69, 9.17) is 4.74 Å². The third-order valence-electron chi connectivity index (χ3n) is 6.90. The Morgan fingerprint density at radius 2 is 1.97 bits per heavy atom. The first-order chi connectivity index (χ1) is 15.6. The highest BCUT2D eigenvalue weighted by atomic mass is 16.5. The van der Waals surface area contributed by atoms with Crippen molar-refractivity contribution in [1.29, 1.82) is 0 Å². The van der Waals surface area contributed by atoms with Crippen LogP contribution in [0.1, 0.15) is 28.5 Å². The van der Waals surface area contributed by atoms with E-state index in [2.05, 4.69) is 34.1 Å². The fourth-order valence-electron chi connectivity index (χ4n) is 5.30. The van der Waals surface area contributed by atoms with Crippen LogP contribution in [-0.2, 0) is 0 Å². The fourth-order valence-corrected chi connectivity index (χ4v) is 5.30. The predicted molar refractivity (Wildman–Crippen MR) is 124 cm³/mol. The number of benzene rings is 2. The van der Waals surface area contributed by atoms with E-state index in [0.29, 0.717) is 12.2 Å². The van der Waals surface area contributed by atoms with Crippen LogP contribution in [0.25, 0.3) is 11.1 Å².